The van der Waals surface area contributed by atoms with Crippen molar-refractivity contribution in [3.05, 3.63) is 75.5 Å². The lowest BCUT2D eigenvalue weighted by molar-refractivity contribution is -0.119. The minimum atomic E-state index is -0.400. The van der Waals surface area contributed by atoms with Crippen LogP contribution in [0.1, 0.15) is 61.5 Å². The standard InChI is InChI=1S/C25H29Cl2N5O2S/c1-5-32-23(22(15(2)3)29-24(34)19-12-11-18(26)13-20(19)27)30-31-25(32)35-14-21(33)28-16(4)17-9-7-6-8-10-17/h6-13,15-16,22H,5,14H2,1-4H3,(H,28,33)(H,29,34)/t16-,22+/m1/s1. The number of benzene rings is 2. The summed E-state index contributed by atoms with van der Waals surface area (Å²) in [5.74, 6) is 0.451. The molecule has 0 aliphatic heterocycles. The minimum absolute atomic E-state index is 0.0346. The van der Waals surface area contributed by atoms with Crippen molar-refractivity contribution in [3.8, 4) is 0 Å². The average Bonchev–Trinajstić information content (AvgIpc) is 3.23. The molecular weight excluding hydrogens is 505 g/mol. The summed E-state index contributed by atoms with van der Waals surface area (Å²) in [6, 6.07) is 14.1. The van der Waals surface area contributed by atoms with Crippen molar-refractivity contribution in [2.75, 3.05) is 5.75 Å². The van der Waals surface area contributed by atoms with E-state index in [-0.39, 0.29) is 34.5 Å². The molecule has 0 saturated carbocycles. The van der Waals surface area contributed by atoms with Crippen LogP contribution in [0, 0.1) is 5.92 Å². The van der Waals surface area contributed by atoms with Crippen LogP contribution in [0.5, 0.6) is 0 Å². The Morgan fingerprint density at radius 1 is 1.03 bits per heavy atom. The molecule has 0 aliphatic rings. The largest absolute Gasteiger partial charge is 0.349 e. The Morgan fingerprint density at radius 2 is 1.74 bits per heavy atom. The molecule has 2 aromatic carbocycles. The molecule has 2 atom stereocenters. The predicted molar refractivity (Wildman–Crippen MR) is 141 cm³/mol. The van der Waals surface area contributed by atoms with Crippen molar-refractivity contribution in [2.24, 2.45) is 5.92 Å². The molecule has 1 aromatic heterocycles. The Balaban J connectivity index is 1.70. The maximum atomic E-state index is 13.0. The molecule has 0 unspecified atom stereocenters. The lowest BCUT2D eigenvalue weighted by Crippen LogP contribution is -2.34. The van der Waals surface area contributed by atoms with Crippen LogP contribution < -0.4 is 10.6 Å². The van der Waals surface area contributed by atoms with Gasteiger partial charge in [0.1, 0.15) is 0 Å². The van der Waals surface area contributed by atoms with Crippen molar-refractivity contribution < 1.29 is 9.59 Å². The van der Waals surface area contributed by atoms with E-state index in [0.717, 1.165) is 5.56 Å². The van der Waals surface area contributed by atoms with Crippen molar-refractivity contribution in [3.63, 3.8) is 0 Å². The van der Waals surface area contributed by atoms with Crippen LogP contribution in [0.3, 0.4) is 0 Å². The summed E-state index contributed by atoms with van der Waals surface area (Å²) in [7, 11) is 0. The summed E-state index contributed by atoms with van der Waals surface area (Å²) < 4.78 is 1.92. The molecule has 10 heteroatoms. The third-order valence-corrected chi connectivity index (χ3v) is 6.99. The van der Waals surface area contributed by atoms with E-state index in [1.54, 1.807) is 12.1 Å². The van der Waals surface area contributed by atoms with Crippen LogP contribution in [0.15, 0.2) is 53.7 Å². The van der Waals surface area contributed by atoms with Gasteiger partial charge in [0.2, 0.25) is 5.91 Å². The maximum Gasteiger partial charge on any atom is 0.253 e. The molecule has 0 aliphatic carbocycles. The average molecular weight is 535 g/mol. The maximum absolute atomic E-state index is 13.0. The summed E-state index contributed by atoms with van der Waals surface area (Å²) in [5, 5.41) is 16.1. The van der Waals surface area contributed by atoms with Crippen LogP contribution in [-0.2, 0) is 11.3 Å². The van der Waals surface area contributed by atoms with E-state index in [2.05, 4.69) is 20.8 Å². The van der Waals surface area contributed by atoms with Gasteiger partial charge in [0, 0.05) is 11.6 Å². The first-order valence-electron chi connectivity index (χ1n) is 11.4. The Kier molecular flexibility index (Phi) is 9.60. The number of halogens is 2. The number of carbonyl (C=O) groups is 2. The third kappa shape index (κ3) is 6.99. The molecule has 2 amide bonds. The van der Waals surface area contributed by atoms with Crippen molar-refractivity contribution in [1.82, 2.24) is 25.4 Å². The second-order valence-corrected chi connectivity index (χ2v) is 10.2. The smallest absolute Gasteiger partial charge is 0.253 e. The number of aromatic nitrogens is 3. The molecule has 186 valence electrons. The number of amides is 2. The van der Waals surface area contributed by atoms with Crippen molar-refractivity contribution in [2.45, 2.75) is 51.5 Å². The molecule has 0 spiro atoms. The van der Waals surface area contributed by atoms with Gasteiger partial charge in [0.15, 0.2) is 11.0 Å². The Morgan fingerprint density at radius 3 is 2.37 bits per heavy atom. The van der Waals surface area contributed by atoms with E-state index < -0.39 is 6.04 Å². The fraction of sp³-hybridized carbons (Fsp3) is 0.360. The van der Waals surface area contributed by atoms with Crippen molar-refractivity contribution in [1.29, 1.82) is 0 Å². The van der Waals surface area contributed by atoms with E-state index in [1.807, 2.05) is 62.6 Å². The first-order valence-corrected chi connectivity index (χ1v) is 13.1. The Bertz CT molecular complexity index is 1170. The van der Waals surface area contributed by atoms with Gasteiger partial charge in [-0.15, -0.1) is 10.2 Å². The molecule has 3 aromatic rings. The molecule has 3 rings (SSSR count). The fourth-order valence-corrected chi connectivity index (χ4v) is 4.91. The fourth-order valence-electron chi connectivity index (χ4n) is 3.59. The Labute approximate surface area is 220 Å². The highest BCUT2D eigenvalue weighted by Gasteiger charge is 2.27. The molecule has 35 heavy (non-hydrogen) atoms. The van der Waals surface area contributed by atoms with Gasteiger partial charge in [-0.3, -0.25) is 9.59 Å². The van der Waals surface area contributed by atoms with Gasteiger partial charge in [0.25, 0.3) is 5.91 Å². The van der Waals surface area contributed by atoms with Gasteiger partial charge in [-0.2, -0.15) is 0 Å². The summed E-state index contributed by atoms with van der Waals surface area (Å²) in [4.78, 5) is 25.5. The summed E-state index contributed by atoms with van der Waals surface area (Å²) in [6.07, 6.45) is 0. The van der Waals surface area contributed by atoms with Crippen LogP contribution in [0.4, 0.5) is 0 Å². The van der Waals surface area contributed by atoms with E-state index in [0.29, 0.717) is 28.1 Å². The zero-order valence-corrected chi connectivity index (χ0v) is 22.4. The molecule has 7 nitrogen and oxygen atoms in total. The van der Waals surface area contributed by atoms with Gasteiger partial charge < -0.3 is 15.2 Å². The molecule has 0 radical (unpaired) electrons. The number of carbonyl (C=O) groups excluding carboxylic acids is 2. The summed E-state index contributed by atoms with van der Waals surface area (Å²) in [6.45, 7) is 8.51. The van der Waals surface area contributed by atoms with Crippen LogP contribution in [0.25, 0.3) is 0 Å². The highest BCUT2D eigenvalue weighted by atomic mass is 35.5. The lowest BCUT2D eigenvalue weighted by Gasteiger charge is -2.23. The van der Waals surface area contributed by atoms with E-state index in [9.17, 15) is 9.59 Å². The van der Waals surface area contributed by atoms with E-state index >= 15 is 0 Å². The van der Waals surface area contributed by atoms with Crippen LogP contribution >= 0.6 is 35.0 Å². The van der Waals surface area contributed by atoms with Gasteiger partial charge >= 0.3 is 0 Å². The third-order valence-electron chi connectivity index (χ3n) is 5.48. The summed E-state index contributed by atoms with van der Waals surface area (Å²) in [5.41, 5.74) is 1.38. The first-order chi connectivity index (χ1) is 16.7. The van der Waals surface area contributed by atoms with Crippen molar-refractivity contribution >= 4 is 46.8 Å². The first kappa shape index (κ1) is 27.0. The number of rotatable bonds is 10. The van der Waals surface area contributed by atoms with Gasteiger partial charge in [0.05, 0.1) is 28.4 Å². The highest BCUT2D eigenvalue weighted by molar-refractivity contribution is 7.99. The SMILES string of the molecule is CCn1c(SCC(=O)N[C@H](C)c2ccccc2)nnc1[C@@H](NC(=O)c1ccc(Cl)cc1Cl)C(C)C. The molecular formula is C25H29Cl2N5O2S. The van der Waals surface area contributed by atoms with E-state index in [4.69, 9.17) is 23.2 Å². The number of hydrogen-bond acceptors (Lipinski definition) is 5. The summed E-state index contributed by atoms with van der Waals surface area (Å²) >= 11 is 13.5. The minimum Gasteiger partial charge on any atom is -0.349 e. The molecule has 2 N–H and O–H groups in total. The normalized spacial score (nSPS) is 12.9. The van der Waals surface area contributed by atoms with Gasteiger partial charge in [-0.05, 0) is 43.5 Å². The molecule has 0 fully saturated rings. The van der Waals surface area contributed by atoms with Gasteiger partial charge in [-0.1, -0.05) is 79.1 Å². The lowest BCUT2D eigenvalue weighted by atomic mass is 10.0. The van der Waals surface area contributed by atoms with Crippen LogP contribution in [-0.4, -0.2) is 32.3 Å². The topological polar surface area (TPSA) is 88.9 Å². The number of thioether (sulfide) groups is 1. The predicted octanol–water partition coefficient (Wildman–Crippen LogP) is 5.70. The molecule has 1 heterocycles. The highest BCUT2D eigenvalue weighted by Crippen LogP contribution is 2.27. The number of nitrogens with one attached hydrogen (secondary N) is 2. The molecule has 0 bridgehead atoms. The van der Waals surface area contributed by atoms with Gasteiger partial charge in [-0.25, -0.2) is 0 Å². The second kappa shape index (κ2) is 12.4. The quantitative estimate of drug-likeness (QED) is 0.326. The Hall–Kier alpha value is -2.55. The number of nitrogens with zero attached hydrogens (tertiary/aromatic N) is 3. The molecule has 0 saturated heterocycles. The number of hydrogen-bond donors (Lipinski definition) is 2. The monoisotopic (exact) mass is 533 g/mol. The zero-order chi connectivity index (χ0) is 25.5. The second-order valence-electron chi connectivity index (χ2n) is 8.39. The van der Waals surface area contributed by atoms with Crippen LogP contribution in [0.2, 0.25) is 10.0 Å². The van der Waals surface area contributed by atoms with E-state index in [1.165, 1.54) is 17.8 Å². The zero-order valence-electron chi connectivity index (χ0n) is 20.1.